The third kappa shape index (κ3) is 3.31. The summed E-state index contributed by atoms with van der Waals surface area (Å²) in [6, 6.07) is 6.12. The van der Waals surface area contributed by atoms with E-state index < -0.39 is 0 Å². The molecule has 1 aliphatic carbocycles. The van der Waals surface area contributed by atoms with Gasteiger partial charge in [0, 0.05) is 31.9 Å². The van der Waals surface area contributed by atoms with Crippen molar-refractivity contribution in [1.29, 1.82) is 5.26 Å². The quantitative estimate of drug-likeness (QED) is 0.836. The van der Waals surface area contributed by atoms with Crippen LogP contribution in [0.15, 0.2) is 24.5 Å². The Morgan fingerprint density at radius 2 is 2.21 bits per heavy atom. The molecule has 0 aromatic carbocycles. The van der Waals surface area contributed by atoms with Gasteiger partial charge in [0.25, 0.3) is 5.91 Å². The molecule has 4 nitrogen and oxygen atoms in total. The molecule has 1 aliphatic rings. The van der Waals surface area contributed by atoms with Crippen LogP contribution < -0.4 is 0 Å². The molecule has 0 atom stereocenters. The molecule has 1 heterocycles. The molecule has 0 saturated heterocycles. The summed E-state index contributed by atoms with van der Waals surface area (Å²) >= 11 is 0. The van der Waals surface area contributed by atoms with Crippen molar-refractivity contribution in [1.82, 2.24) is 9.88 Å². The number of hydrogen-bond acceptors (Lipinski definition) is 3. The fourth-order valence-corrected chi connectivity index (χ4v) is 2.72. The van der Waals surface area contributed by atoms with E-state index in [1.54, 1.807) is 24.5 Å². The summed E-state index contributed by atoms with van der Waals surface area (Å²) in [5.41, 5.74) is 0.643. The van der Waals surface area contributed by atoms with Gasteiger partial charge in [0.15, 0.2) is 0 Å². The van der Waals surface area contributed by atoms with Gasteiger partial charge in [-0.15, -0.1) is 0 Å². The number of rotatable bonds is 3. The Balaban J connectivity index is 1.93. The Bertz CT molecular complexity index is 458. The predicted octanol–water partition coefficient (Wildman–Crippen LogP) is 2.63. The lowest BCUT2D eigenvalue weighted by atomic mass is 9.84. The molecule has 4 heteroatoms. The highest BCUT2D eigenvalue weighted by Gasteiger charge is 2.26. The molecule has 1 amide bonds. The highest BCUT2D eigenvalue weighted by molar-refractivity contribution is 5.93. The van der Waals surface area contributed by atoms with Gasteiger partial charge in [0.05, 0.1) is 11.6 Å². The van der Waals surface area contributed by atoms with Gasteiger partial charge < -0.3 is 4.90 Å². The van der Waals surface area contributed by atoms with Crippen LogP contribution in [0.4, 0.5) is 0 Å². The predicted molar refractivity (Wildman–Crippen MR) is 72.3 cm³/mol. The lowest BCUT2D eigenvalue weighted by Gasteiger charge is -2.34. The van der Waals surface area contributed by atoms with Crippen LogP contribution in [-0.2, 0) is 0 Å². The summed E-state index contributed by atoms with van der Waals surface area (Å²) in [7, 11) is 1.87. The van der Waals surface area contributed by atoms with Gasteiger partial charge in [-0.05, 0) is 43.7 Å². The molecule has 1 saturated carbocycles. The first-order chi connectivity index (χ1) is 9.22. The minimum Gasteiger partial charge on any atom is -0.339 e. The number of pyridine rings is 1. The van der Waals surface area contributed by atoms with Gasteiger partial charge >= 0.3 is 0 Å². The molecular weight excluding hydrogens is 238 g/mol. The van der Waals surface area contributed by atoms with Crippen molar-refractivity contribution < 1.29 is 4.79 Å². The minimum absolute atomic E-state index is 0.0387. The molecule has 1 aromatic rings. The summed E-state index contributed by atoms with van der Waals surface area (Å²) < 4.78 is 0. The van der Waals surface area contributed by atoms with Gasteiger partial charge in [-0.1, -0.05) is 0 Å². The van der Waals surface area contributed by atoms with Gasteiger partial charge in [-0.2, -0.15) is 5.26 Å². The second kappa shape index (κ2) is 6.33. The van der Waals surface area contributed by atoms with Crippen LogP contribution in [0.3, 0.4) is 0 Å². The average molecular weight is 257 g/mol. The maximum Gasteiger partial charge on any atom is 0.255 e. The molecule has 100 valence electrons. The van der Waals surface area contributed by atoms with E-state index in [0.717, 1.165) is 25.7 Å². The van der Waals surface area contributed by atoms with Crippen molar-refractivity contribution in [3.8, 4) is 6.07 Å². The van der Waals surface area contributed by atoms with Gasteiger partial charge in [-0.3, -0.25) is 9.78 Å². The number of nitrogens with zero attached hydrogens (tertiary/aromatic N) is 3. The summed E-state index contributed by atoms with van der Waals surface area (Å²) in [6.45, 7) is 0. The minimum atomic E-state index is 0.0387. The molecule has 1 fully saturated rings. The van der Waals surface area contributed by atoms with Gasteiger partial charge in [0.1, 0.15) is 0 Å². The van der Waals surface area contributed by atoms with Crippen molar-refractivity contribution >= 4 is 5.91 Å². The Hall–Kier alpha value is -1.89. The lowest BCUT2D eigenvalue weighted by Crippen LogP contribution is -2.39. The van der Waals surface area contributed by atoms with E-state index in [-0.39, 0.29) is 5.91 Å². The first kappa shape index (κ1) is 13.5. The van der Waals surface area contributed by atoms with Crippen LogP contribution in [0.5, 0.6) is 0 Å². The van der Waals surface area contributed by atoms with E-state index in [1.165, 1.54) is 0 Å². The summed E-state index contributed by atoms with van der Waals surface area (Å²) in [4.78, 5) is 18.1. The highest BCUT2D eigenvalue weighted by Crippen LogP contribution is 2.29. The van der Waals surface area contributed by atoms with E-state index in [9.17, 15) is 4.79 Å². The molecular formula is C15H19N3O. The van der Waals surface area contributed by atoms with Gasteiger partial charge in [0.2, 0.25) is 0 Å². The van der Waals surface area contributed by atoms with Gasteiger partial charge in [-0.25, -0.2) is 0 Å². The molecule has 0 bridgehead atoms. The maximum absolute atomic E-state index is 12.3. The van der Waals surface area contributed by atoms with E-state index >= 15 is 0 Å². The number of amides is 1. The van der Waals surface area contributed by atoms with E-state index in [2.05, 4.69) is 11.1 Å². The summed E-state index contributed by atoms with van der Waals surface area (Å²) in [6.07, 6.45) is 8.01. The molecule has 0 spiro atoms. The Morgan fingerprint density at radius 3 is 2.79 bits per heavy atom. The zero-order valence-corrected chi connectivity index (χ0v) is 11.2. The lowest BCUT2D eigenvalue weighted by molar-refractivity contribution is 0.0676. The SMILES string of the molecule is CN(C(=O)c1cccnc1)C1CCC(CC#N)CC1. The number of carbonyl (C=O) groups excluding carboxylic acids is 1. The second-order valence-electron chi connectivity index (χ2n) is 5.19. The third-order valence-corrected chi connectivity index (χ3v) is 3.97. The molecule has 0 N–H and O–H groups in total. The fraction of sp³-hybridized carbons (Fsp3) is 0.533. The van der Waals surface area contributed by atoms with Crippen molar-refractivity contribution in [3.05, 3.63) is 30.1 Å². The number of nitriles is 1. The molecule has 0 unspecified atom stereocenters. The van der Waals surface area contributed by atoms with Crippen LogP contribution in [0, 0.1) is 17.2 Å². The monoisotopic (exact) mass is 257 g/mol. The summed E-state index contributed by atoms with van der Waals surface area (Å²) in [5, 5.41) is 8.71. The topological polar surface area (TPSA) is 57.0 Å². The average Bonchev–Trinajstić information content (AvgIpc) is 2.48. The van der Waals surface area contributed by atoms with Crippen molar-refractivity contribution in [2.24, 2.45) is 5.92 Å². The van der Waals surface area contributed by atoms with Crippen LogP contribution in [0.25, 0.3) is 0 Å². The normalized spacial score (nSPS) is 22.5. The molecule has 0 aliphatic heterocycles. The molecule has 0 radical (unpaired) electrons. The molecule has 19 heavy (non-hydrogen) atoms. The standard InChI is InChI=1S/C15H19N3O/c1-18(15(19)13-3-2-10-17-11-13)14-6-4-12(5-7-14)8-9-16/h2-3,10-12,14H,4-8H2,1H3. The smallest absolute Gasteiger partial charge is 0.255 e. The van der Waals surface area contributed by atoms with Crippen molar-refractivity contribution in [2.75, 3.05) is 7.05 Å². The number of aromatic nitrogens is 1. The number of carbonyl (C=O) groups is 1. The first-order valence-corrected chi connectivity index (χ1v) is 6.76. The fourth-order valence-electron chi connectivity index (χ4n) is 2.72. The second-order valence-corrected chi connectivity index (χ2v) is 5.19. The molecule has 1 aromatic heterocycles. The van der Waals surface area contributed by atoms with Crippen molar-refractivity contribution in [3.63, 3.8) is 0 Å². The first-order valence-electron chi connectivity index (χ1n) is 6.76. The molecule has 2 rings (SSSR count). The van der Waals surface area contributed by atoms with Crippen LogP contribution >= 0.6 is 0 Å². The Kier molecular flexibility index (Phi) is 4.51. The number of hydrogen-bond donors (Lipinski definition) is 0. The van der Waals surface area contributed by atoms with Crippen molar-refractivity contribution in [2.45, 2.75) is 38.1 Å². The Morgan fingerprint density at radius 1 is 1.47 bits per heavy atom. The zero-order valence-electron chi connectivity index (χ0n) is 11.2. The van der Waals surface area contributed by atoms with Crippen LogP contribution in [0.2, 0.25) is 0 Å². The zero-order chi connectivity index (χ0) is 13.7. The summed E-state index contributed by atoms with van der Waals surface area (Å²) in [5.74, 6) is 0.556. The van der Waals surface area contributed by atoms with E-state index in [1.807, 2.05) is 11.9 Å². The largest absolute Gasteiger partial charge is 0.339 e. The third-order valence-electron chi connectivity index (χ3n) is 3.97. The van der Waals surface area contributed by atoms with E-state index in [4.69, 9.17) is 5.26 Å². The maximum atomic E-state index is 12.3. The Labute approximate surface area is 114 Å². The van der Waals surface area contributed by atoms with E-state index in [0.29, 0.717) is 23.9 Å². The highest BCUT2D eigenvalue weighted by atomic mass is 16.2. The van der Waals surface area contributed by atoms with Crippen LogP contribution in [-0.4, -0.2) is 28.9 Å². The van der Waals surface area contributed by atoms with Crippen LogP contribution in [0.1, 0.15) is 42.5 Å².